The Hall–Kier alpha value is -2.66. The van der Waals surface area contributed by atoms with Crippen molar-refractivity contribution in [1.29, 1.82) is 0 Å². The number of anilines is 1. The summed E-state index contributed by atoms with van der Waals surface area (Å²) in [4.78, 5) is 16.4. The highest BCUT2D eigenvalue weighted by molar-refractivity contribution is 6.30. The Kier molecular flexibility index (Phi) is 5.09. The summed E-state index contributed by atoms with van der Waals surface area (Å²) in [7, 11) is 0. The molecule has 0 bridgehead atoms. The smallest absolute Gasteiger partial charge is 0.275 e. The van der Waals surface area contributed by atoms with Crippen LogP contribution in [0.3, 0.4) is 0 Å². The summed E-state index contributed by atoms with van der Waals surface area (Å²) in [5.41, 5.74) is 2.77. The Bertz CT molecular complexity index is 910. The first-order chi connectivity index (χ1) is 12.3. The van der Waals surface area contributed by atoms with Gasteiger partial charge >= 0.3 is 0 Å². The van der Waals surface area contributed by atoms with E-state index in [1.807, 2.05) is 0 Å². The van der Waals surface area contributed by atoms with E-state index in [1.54, 1.807) is 23.0 Å². The van der Waals surface area contributed by atoms with Crippen molar-refractivity contribution in [2.75, 3.05) is 5.32 Å². The predicted molar refractivity (Wildman–Crippen MR) is 104 cm³/mol. The van der Waals surface area contributed by atoms with E-state index in [1.165, 1.54) is 17.8 Å². The van der Waals surface area contributed by atoms with E-state index in [2.05, 4.69) is 60.4 Å². The molecule has 6 heteroatoms. The molecule has 134 valence electrons. The molecule has 0 fully saturated rings. The first-order valence-corrected chi connectivity index (χ1v) is 8.75. The van der Waals surface area contributed by atoms with Crippen molar-refractivity contribution in [1.82, 2.24) is 14.8 Å². The highest BCUT2D eigenvalue weighted by atomic mass is 35.5. The summed E-state index contributed by atoms with van der Waals surface area (Å²) >= 11 is 5.92. The second kappa shape index (κ2) is 7.30. The first kappa shape index (κ1) is 18.1. The number of carbonyl (C=O) groups excluding carboxylic acids is 1. The van der Waals surface area contributed by atoms with Crippen LogP contribution in [0.25, 0.3) is 0 Å². The van der Waals surface area contributed by atoms with E-state index in [0.717, 1.165) is 5.56 Å². The van der Waals surface area contributed by atoms with Crippen LogP contribution >= 0.6 is 11.6 Å². The van der Waals surface area contributed by atoms with Gasteiger partial charge in [0, 0.05) is 17.3 Å². The summed E-state index contributed by atoms with van der Waals surface area (Å²) in [6, 6.07) is 13.4. The average Bonchev–Trinajstić information content (AvgIpc) is 3.01. The highest BCUT2D eigenvalue weighted by Gasteiger charge is 2.14. The van der Waals surface area contributed by atoms with Crippen molar-refractivity contribution in [3.63, 3.8) is 0 Å². The van der Waals surface area contributed by atoms with Gasteiger partial charge in [-0.15, -0.1) is 0 Å². The van der Waals surface area contributed by atoms with Gasteiger partial charge in [0.25, 0.3) is 5.91 Å². The van der Waals surface area contributed by atoms with Crippen LogP contribution in [0.2, 0.25) is 5.02 Å². The average molecular weight is 369 g/mol. The Morgan fingerprint density at radius 2 is 1.85 bits per heavy atom. The Labute approximate surface area is 158 Å². The number of hydrogen-bond donors (Lipinski definition) is 1. The maximum Gasteiger partial charge on any atom is 0.275 e. The Balaban J connectivity index is 1.73. The lowest BCUT2D eigenvalue weighted by Crippen LogP contribution is -2.17. The number of carbonyl (C=O) groups is 1. The number of amides is 1. The third-order valence-corrected chi connectivity index (χ3v) is 4.30. The van der Waals surface area contributed by atoms with Crippen LogP contribution in [0.4, 0.5) is 5.82 Å². The molecule has 0 aliphatic carbocycles. The van der Waals surface area contributed by atoms with Gasteiger partial charge in [-0.25, -0.2) is 4.68 Å². The van der Waals surface area contributed by atoms with Gasteiger partial charge in [0.1, 0.15) is 11.5 Å². The zero-order valence-electron chi connectivity index (χ0n) is 15.0. The third-order valence-electron chi connectivity index (χ3n) is 4.07. The fraction of sp³-hybridized carbons (Fsp3) is 0.250. The van der Waals surface area contributed by atoms with Gasteiger partial charge in [-0.2, -0.15) is 5.10 Å². The molecule has 0 spiro atoms. The van der Waals surface area contributed by atoms with Crippen molar-refractivity contribution in [3.05, 3.63) is 76.7 Å². The number of halogens is 1. The largest absolute Gasteiger partial charge is 0.305 e. The Morgan fingerprint density at radius 3 is 2.50 bits per heavy atom. The number of hydrogen-bond acceptors (Lipinski definition) is 3. The first-order valence-electron chi connectivity index (χ1n) is 8.37. The summed E-state index contributed by atoms with van der Waals surface area (Å²) < 4.78 is 1.74. The third kappa shape index (κ3) is 4.29. The second-order valence-electron chi connectivity index (χ2n) is 7.13. The minimum Gasteiger partial charge on any atom is -0.305 e. The quantitative estimate of drug-likeness (QED) is 0.736. The maximum absolute atomic E-state index is 12.4. The highest BCUT2D eigenvalue weighted by Crippen LogP contribution is 2.22. The molecule has 3 rings (SSSR count). The van der Waals surface area contributed by atoms with Crippen LogP contribution in [0.5, 0.6) is 0 Å². The van der Waals surface area contributed by atoms with E-state index in [4.69, 9.17) is 11.6 Å². The summed E-state index contributed by atoms with van der Waals surface area (Å²) in [5.74, 6) is 0.286. The summed E-state index contributed by atoms with van der Waals surface area (Å²) in [6.07, 6.45) is 3.16. The van der Waals surface area contributed by atoms with E-state index >= 15 is 0 Å². The predicted octanol–water partition coefficient (Wildman–Crippen LogP) is 4.53. The lowest BCUT2D eigenvalue weighted by atomic mass is 9.87. The molecule has 0 atom stereocenters. The molecule has 0 aliphatic heterocycles. The van der Waals surface area contributed by atoms with Gasteiger partial charge in [0.15, 0.2) is 0 Å². The van der Waals surface area contributed by atoms with Crippen LogP contribution in [0.1, 0.15) is 42.4 Å². The topological polar surface area (TPSA) is 59.8 Å². The summed E-state index contributed by atoms with van der Waals surface area (Å²) in [5, 5.41) is 7.60. The van der Waals surface area contributed by atoms with Gasteiger partial charge in [0.2, 0.25) is 0 Å². The molecule has 26 heavy (non-hydrogen) atoms. The number of nitrogens with one attached hydrogen (secondary N) is 1. The fourth-order valence-corrected chi connectivity index (χ4v) is 2.72. The number of rotatable bonds is 4. The standard InChI is InChI=1S/C20H21ClN4O/c1-20(2,3)15-6-4-14(5-7-15)13-25-18(9-11-23-25)24-19(26)17-12-16(21)8-10-22-17/h4-12H,13H2,1-3H3,(H,24,26). The molecule has 1 aromatic carbocycles. The number of nitrogens with zero attached hydrogens (tertiary/aromatic N) is 3. The fourth-order valence-electron chi connectivity index (χ4n) is 2.56. The van der Waals surface area contributed by atoms with Crippen LogP contribution in [0, 0.1) is 0 Å². The molecule has 0 unspecified atom stereocenters. The van der Waals surface area contributed by atoms with Gasteiger partial charge in [0.05, 0.1) is 12.7 Å². The molecule has 2 aromatic heterocycles. The van der Waals surface area contributed by atoms with Crippen molar-refractivity contribution in [2.24, 2.45) is 0 Å². The molecular formula is C20H21ClN4O. The molecular weight excluding hydrogens is 348 g/mol. The monoisotopic (exact) mass is 368 g/mol. The zero-order valence-corrected chi connectivity index (χ0v) is 15.8. The molecule has 1 amide bonds. The molecule has 0 radical (unpaired) electrons. The van der Waals surface area contributed by atoms with E-state index in [-0.39, 0.29) is 17.0 Å². The molecule has 0 saturated carbocycles. The van der Waals surface area contributed by atoms with Crippen molar-refractivity contribution in [2.45, 2.75) is 32.7 Å². The molecule has 0 aliphatic rings. The number of pyridine rings is 1. The van der Waals surface area contributed by atoms with E-state index < -0.39 is 0 Å². The minimum absolute atomic E-state index is 0.118. The molecule has 3 aromatic rings. The van der Waals surface area contributed by atoms with Crippen LogP contribution < -0.4 is 5.32 Å². The zero-order chi connectivity index (χ0) is 18.7. The van der Waals surface area contributed by atoms with Gasteiger partial charge in [-0.05, 0) is 28.7 Å². The lowest BCUT2D eigenvalue weighted by Gasteiger charge is -2.19. The van der Waals surface area contributed by atoms with E-state index in [0.29, 0.717) is 17.4 Å². The molecule has 5 nitrogen and oxygen atoms in total. The van der Waals surface area contributed by atoms with Gasteiger partial charge in [-0.1, -0.05) is 56.6 Å². The van der Waals surface area contributed by atoms with Crippen LogP contribution in [0.15, 0.2) is 54.9 Å². The van der Waals surface area contributed by atoms with Crippen molar-refractivity contribution >= 4 is 23.3 Å². The normalized spacial score (nSPS) is 11.4. The van der Waals surface area contributed by atoms with E-state index in [9.17, 15) is 4.79 Å². The van der Waals surface area contributed by atoms with Crippen LogP contribution in [-0.2, 0) is 12.0 Å². The van der Waals surface area contributed by atoms with Gasteiger partial charge in [-0.3, -0.25) is 9.78 Å². The molecule has 1 N–H and O–H groups in total. The second-order valence-corrected chi connectivity index (χ2v) is 7.57. The van der Waals surface area contributed by atoms with Crippen molar-refractivity contribution in [3.8, 4) is 0 Å². The summed E-state index contributed by atoms with van der Waals surface area (Å²) in [6.45, 7) is 7.13. The van der Waals surface area contributed by atoms with Crippen LogP contribution in [-0.4, -0.2) is 20.7 Å². The number of aromatic nitrogens is 3. The SMILES string of the molecule is CC(C)(C)c1ccc(Cn2nccc2NC(=O)c2cc(Cl)ccn2)cc1. The maximum atomic E-state index is 12.4. The lowest BCUT2D eigenvalue weighted by molar-refractivity contribution is 0.102. The Morgan fingerprint density at radius 1 is 1.12 bits per heavy atom. The molecule has 2 heterocycles. The van der Waals surface area contributed by atoms with Gasteiger partial charge < -0.3 is 5.32 Å². The van der Waals surface area contributed by atoms with Crippen molar-refractivity contribution < 1.29 is 4.79 Å². The minimum atomic E-state index is -0.322. The number of benzene rings is 1. The molecule has 0 saturated heterocycles.